The van der Waals surface area contributed by atoms with Gasteiger partial charge in [-0.15, -0.1) is 0 Å². The molecule has 3 rings (SSSR count). The number of phenols is 1. The van der Waals surface area contributed by atoms with E-state index in [1.165, 1.54) is 6.07 Å². The standard InChI is InChI=1S/C26H26O4/c1-17(25(29)30-21-13-14-23(27)22(16-21)26(2,3)4)19-11-8-12-20(15-19)24(28)18-9-6-5-7-10-18/h5-17,27H,1-4H3. The Kier molecular flexibility index (Phi) is 6.06. The Balaban J connectivity index is 1.80. The summed E-state index contributed by atoms with van der Waals surface area (Å²) in [4.78, 5) is 25.4. The topological polar surface area (TPSA) is 63.6 Å². The van der Waals surface area contributed by atoms with Crippen molar-refractivity contribution in [1.82, 2.24) is 0 Å². The summed E-state index contributed by atoms with van der Waals surface area (Å²) in [6.45, 7) is 7.68. The van der Waals surface area contributed by atoms with E-state index in [4.69, 9.17) is 4.74 Å². The summed E-state index contributed by atoms with van der Waals surface area (Å²) in [6.07, 6.45) is 0. The van der Waals surface area contributed by atoms with Crippen LogP contribution >= 0.6 is 0 Å². The summed E-state index contributed by atoms with van der Waals surface area (Å²) in [7, 11) is 0. The number of ketones is 1. The van der Waals surface area contributed by atoms with Crippen LogP contribution < -0.4 is 4.74 Å². The molecule has 0 aliphatic carbocycles. The number of ether oxygens (including phenoxy) is 1. The third kappa shape index (κ3) is 4.77. The number of benzene rings is 3. The number of hydrogen-bond acceptors (Lipinski definition) is 4. The first kappa shape index (κ1) is 21.3. The Morgan fingerprint density at radius 3 is 2.20 bits per heavy atom. The average molecular weight is 402 g/mol. The first-order valence-corrected chi connectivity index (χ1v) is 9.91. The first-order chi connectivity index (χ1) is 14.2. The summed E-state index contributed by atoms with van der Waals surface area (Å²) < 4.78 is 5.57. The highest BCUT2D eigenvalue weighted by Crippen LogP contribution is 2.34. The third-order valence-electron chi connectivity index (χ3n) is 5.03. The molecular formula is C26H26O4. The molecule has 0 saturated heterocycles. The minimum Gasteiger partial charge on any atom is -0.508 e. The van der Waals surface area contributed by atoms with Crippen LogP contribution in [0.1, 0.15) is 60.7 Å². The molecule has 0 fully saturated rings. The zero-order chi connectivity index (χ0) is 21.9. The summed E-state index contributed by atoms with van der Waals surface area (Å²) in [6, 6.07) is 20.9. The van der Waals surface area contributed by atoms with E-state index in [1.807, 2.05) is 45.0 Å². The van der Waals surface area contributed by atoms with E-state index < -0.39 is 11.9 Å². The van der Waals surface area contributed by atoms with Crippen LogP contribution in [0.4, 0.5) is 0 Å². The number of aromatic hydroxyl groups is 1. The van der Waals surface area contributed by atoms with E-state index in [2.05, 4.69) is 0 Å². The Labute approximate surface area is 177 Å². The molecule has 0 aliphatic rings. The van der Waals surface area contributed by atoms with Gasteiger partial charge in [-0.2, -0.15) is 0 Å². The van der Waals surface area contributed by atoms with E-state index >= 15 is 0 Å². The highest BCUT2D eigenvalue weighted by Gasteiger charge is 2.22. The lowest BCUT2D eigenvalue weighted by atomic mass is 9.86. The molecule has 3 aromatic rings. The molecule has 0 amide bonds. The molecule has 0 aromatic heterocycles. The monoisotopic (exact) mass is 402 g/mol. The van der Waals surface area contributed by atoms with Gasteiger partial charge in [-0.3, -0.25) is 9.59 Å². The number of esters is 1. The minimum absolute atomic E-state index is 0.0913. The van der Waals surface area contributed by atoms with Gasteiger partial charge >= 0.3 is 5.97 Å². The molecule has 3 aromatic carbocycles. The maximum absolute atomic E-state index is 12.7. The van der Waals surface area contributed by atoms with Gasteiger partial charge in [0.2, 0.25) is 0 Å². The second-order valence-corrected chi connectivity index (χ2v) is 8.39. The van der Waals surface area contributed by atoms with Gasteiger partial charge in [-0.05, 0) is 42.2 Å². The summed E-state index contributed by atoms with van der Waals surface area (Å²) in [5.74, 6) is -0.523. The Hall–Kier alpha value is -3.40. The van der Waals surface area contributed by atoms with Gasteiger partial charge in [-0.1, -0.05) is 69.3 Å². The number of phenolic OH excluding ortho intramolecular Hbond substituents is 1. The fourth-order valence-electron chi connectivity index (χ4n) is 3.23. The van der Waals surface area contributed by atoms with Gasteiger partial charge in [0.15, 0.2) is 5.78 Å². The summed E-state index contributed by atoms with van der Waals surface area (Å²) in [5, 5.41) is 10.1. The quantitative estimate of drug-likeness (QED) is 0.341. The smallest absolute Gasteiger partial charge is 0.318 e. The minimum atomic E-state index is -0.555. The number of rotatable bonds is 5. The summed E-state index contributed by atoms with van der Waals surface area (Å²) >= 11 is 0. The maximum atomic E-state index is 12.7. The SMILES string of the molecule is CC(C(=O)Oc1ccc(O)c(C(C)(C)C)c1)c1cccc(C(=O)c2ccccc2)c1. The number of carbonyl (C=O) groups excluding carboxylic acids is 2. The predicted octanol–water partition coefficient (Wildman–Crippen LogP) is 5.63. The highest BCUT2D eigenvalue weighted by atomic mass is 16.5. The zero-order valence-electron chi connectivity index (χ0n) is 17.7. The Morgan fingerprint density at radius 1 is 0.867 bits per heavy atom. The number of carbonyl (C=O) groups is 2. The van der Waals surface area contributed by atoms with Crippen molar-refractivity contribution in [2.45, 2.75) is 39.0 Å². The van der Waals surface area contributed by atoms with Crippen LogP contribution in [0, 0.1) is 0 Å². The largest absolute Gasteiger partial charge is 0.508 e. The Morgan fingerprint density at radius 2 is 1.53 bits per heavy atom. The van der Waals surface area contributed by atoms with Gasteiger partial charge in [0.25, 0.3) is 0 Å². The predicted molar refractivity (Wildman–Crippen MR) is 117 cm³/mol. The van der Waals surface area contributed by atoms with E-state index in [0.29, 0.717) is 28.0 Å². The van der Waals surface area contributed by atoms with Gasteiger partial charge in [0.05, 0.1) is 5.92 Å². The molecule has 0 radical (unpaired) electrons. The van der Waals surface area contributed by atoms with Gasteiger partial charge < -0.3 is 9.84 Å². The van der Waals surface area contributed by atoms with Crippen molar-refractivity contribution in [2.75, 3.05) is 0 Å². The highest BCUT2D eigenvalue weighted by molar-refractivity contribution is 6.09. The second kappa shape index (κ2) is 8.54. The Bertz CT molecular complexity index is 1060. The van der Waals surface area contributed by atoms with Crippen LogP contribution in [0.15, 0.2) is 72.8 Å². The van der Waals surface area contributed by atoms with Crippen LogP contribution in [0.2, 0.25) is 0 Å². The van der Waals surface area contributed by atoms with Crippen LogP contribution in [-0.4, -0.2) is 16.9 Å². The molecule has 4 heteroatoms. The lowest BCUT2D eigenvalue weighted by Crippen LogP contribution is -2.17. The number of hydrogen-bond donors (Lipinski definition) is 1. The molecule has 0 spiro atoms. The van der Waals surface area contributed by atoms with Crippen molar-refractivity contribution < 1.29 is 19.4 Å². The van der Waals surface area contributed by atoms with Crippen LogP contribution in [-0.2, 0) is 10.2 Å². The first-order valence-electron chi connectivity index (χ1n) is 9.91. The second-order valence-electron chi connectivity index (χ2n) is 8.39. The van der Waals surface area contributed by atoms with Crippen LogP contribution in [0.5, 0.6) is 11.5 Å². The van der Waals surface area contributed by atoms with Gasteiger partial charge in [0, 0.05) is 16.7 Å². The van der Waals surface area contributed by atoms with E-state index in [1.54, 1.807) is 49.4 Å². The summed E-state index contributed by atoms with van der Waals surface area (Å²) in [5.41, 5.74) is 2.25. The normalized spacial score (nSPS) is 12.3. The lowest BCUT2D eigenvalue weighted by molar-refractivity contribution is -0.135. The molecule has 0 bridgehead atoms. The van der Waals surface area contributed by atoms with Gasteiger partial charge in [-0.25, -0.2) is 0 Å². The molecule has 154 valence electrons. The molecular weight excluding hydrogens is 376 g/mol. The molecule has 1 atom stereocenters. The van der Waals surface area contributed by atoms with Gasteiger partial charge in [0.1, 0.15) is 11.5 Å². The van der Waals surface area contributed by atoms with E-state index in [9.17, 15) is 14.7 Å². The van der Waals surface area contributed by atoms with Crippen molar-refractivity contribution in [1.29, 1.82) is 0 Å². The molecule has 1 N–H and O–H groups in total. The average Bonchev–Trinajstić information content (AvgIpc) is 2.74. The third-order valence-corrected chi connectivity index (χ3v) is 5.03. The molecule has 1 unspecified atom stereocenters. The molecule has 30 heavy (non-hydrogen) atoms. The van der Waals surface area contributed by atoms with Crippen LogP contribution in [0.25, 0.3) is 0 Å². The zero-order valence-corrected chi connectivity index (χ0v) is 17.7. The fraction of sp³-hybridized carbons (Fsp3) is 0.231. The van der Waals surface area contributed by atoms with Crippen LogP contribution in [0.3, 0.4) is 0 Å². The lowest BCUT2D eigenvalue weighted by Gasteiger charge is -2.21. The fourth-order valence-corrected chi connectivity index (χ4v) is 3.23. The van der Waals surface area contributed by atoms with Crippen molar-refractivity contribution in [2.24, 2.45) is 0 Å². The van der Waals surface area contributed by atoms with E-state index in [-0.39, 0.29) is 16.9 Å². The van der Waals surface area contributed by atoms with Crippen molar-refractivity contribution in [3.63, 3.8) is 0 Å². The molecule has 4 nitrogen and oxygen atoms in total. The van der Waals surface area contributed by atoms with Crippen molar-refractivity contribution in [3.05, 3.63) is 95.1 Å². The van der Waals surface area contributed by atoms with Crippen molar-refractivity contribution >= 4 is 11.8 Å². The maximum Gasteiger partial charge on any atom is 0.318 e. The van der Waals surface area contributed by atoms with Crippen molar-refractivity contribution in [3.8, 4) is 11.5 Å². The molecule has 0 heterocycles. The molecule has 0 aliphatic heterocycles. The molecule has 0 saturated carbocycles. The van der Waals surface area contributed by atoms with E-state index in [0.717, 1.165) is 0 Å².